The molecule has 1 aliphatic rings. The molecule has 0 spiro atoms. The summed E-state index contributed by atoms with van der Waals surface area (Å²) in [7, 11) is 0. The Morgan fingerprint density at radius 1 is 1.30 bits per heavy atom. The summed E-state index contributed by atoms with van der Waals surface area (Å²) >= 11 is 0. The molecular weight excluding hydrogens is 318 g/mol. The van der Waals surface area contributed by atoms with E-state index in [1.807, 2.05) is 18.2 Å². The lowest BCUT2D eigenvalue weighted by atomic mass is 9.93. The SMILES string of the molecule is Cl.O=C(Nc1ccccc1)c1cc(OCCNC2CCC2)no1. The molecule has 0 saturated heterocycles. The van der Waals surface area contributed by atoms with Crippen molar-refractivity contribution in [3.8, 4) is 5.88 Å². The highest BCUT2D eigenvalue weighted by atomic mass is 35.5. The van der Waals surface area contributed by atoms with Crippen LogP contribution >= 0.6 is 12.4 Å². The molecule has 6 nitrogen and oxygen atoms in total. The summed E-state index contributed by atoms with van der Waals surface area (Å²) in [5, 5.41) is 9.86. The van der Waals surface area contributed by atoms with Crippen LogP contribution in [0.25, 0.3) is 0 Å². The monoisotopic (exact) mass is 337 g/mol. The molecule has 0 bridgehead atoms. The summed E-state index contributed by atoms with van der Waals surface area (Å²) in [6, 6.07) is 11.3. The number of hydrogen-bond acceptors (Lipinski definition) is 5. The maximum absolute atomic E-state index is 12.0. The number of ether oxygens (including phenoxy) is 1. The third kappa shape index (κ3) is 4.97. The first-order valence-electron chi connectivity index (χ1n) is 7.50. The Morgan fingerprint density at radius 2 is 2.09 bits per heavy atom. The minimum Gasteiger partial charge on any atom is -0.474 e. The number of carbonyl (C=O) groups excluding carboxylic acids is 1. The molecule has 1 saturated carbocycles. The van der Waals surface area contributed by atoms with Gasteiger partial charge in [-0.2, -0.15) is 0 Å². The van der Waals surface area contributed by atoms with Crippen molar-refractivity contribution in [3.63, 3.8) is 0 Å². The number of rotatable bonds is 7. The van der Waals surface area contributed by atoms with Gasteiger partial charge in [0, 0.05) is 18.3 Å². The number of aromatic nitrogens is 1. The first kappa shape index (κ1) is 17.3. The first-order chi connectivity index (χ1) is 10.8. The van der Waals surface area contributed by atoms with Gasteiger partial charge in [0.05, 0.1) is 6.07 Å². The van der Waals surface area contributed by atoms with Crippen LogP contribution in [0.3, 0.4) is 0 Å². The molecule has 2 N–H and O–H groups in total. The molecule has 7 heteroatoms. The third-order valence-corrected chi connectivity index (χ3v) is 3.63. The van der Waals surface area contributed by atoms with Crippen LogP contribution in [-0.2, 0) is 0 Å². The highest BCUT2D eigenvalue weighted by molar-refractivity contribution is 6.02. The van der Waals surface area contributed by atoms with Crippen LogP contribution < -0.4 is 15.4 Å². The second-order valence-electron chi connectivity index (χ2n) is 5.28. The van der Waals surface area contributed by atoms with E-state index in [9.17, 15) is 4.79 Å². The van der Waals surface area contributed by atoms with E-state index in [1.54, 1.807) is 12.1 Å². The number of hydrogen-bond donors (Lipinski definition) is 2. The Morgan fingerprint density at radius 3 is 2.78 bits per heavy atom. The average Bonchev–Trinajstić information content (AvgIpc) is 2.95. The average molecular weight is 338 g/mol. The fourth-order valence-electron chi connectivity index (χ4n) is 2.18. The quantitative estimate of drug-likeness (QED) is 0.760. The maximum atomic E-state index is 12.0. The molecule has 23 heavy (non-hydrogen) atoms. The zero-order chi connectivity index (χ0) is 15.2. The van der Waals surface area contributed by atoms with Gasteiger partial charge in [-0.05, 0) is 30.1 Å². The third-order valence-electron chi connectivity index (χ3n) is 3.63. The molecule has 0 radical (unpaired) electrons. The van der Waals surface area contributed by atoms with E-state index in [1.165, 1.54) is 25.3 Å². The van der Waals surface area contributed by atoms with Gasteiger partial charge < -0.3 is 19.9 Å². The number of nitrogens with one attached hydrogen (secondary N) is 2. The summed E-state index contributed by atoms with van der Waals surface area (Å²) in [6.07, 6.45) is 3.79. The Balaban J connectivity index is 0.00000192. The molecule has 0 atom stereocenters. The summed E-state index contributed by atoms with van der Waals surface area (Å²) in [4.78, 5) is 12.0. The molecule has 1 heterocycles. The van der Waals surface area contributed by atoms with Crippen LogP contribution in [0.15, 0.2) is 40.9 Å². The molecule has 124 valence electrons. The summed E-state index contributed by atoms with van der Waals surface area (Å²) in [5.74, 6) is 0.112. The van der Waals surface area contributed by atoms with Crippen LogP contribution in [0.5, 0.6) is 5.88 Å². The van der Waals surface area contributed by atoms with Gasteiger partial charge in [-0.15, -0.1) is 12.4 Å². The van der Waals surface area contributed by atoms with Crippen molar-refractivity contribution in [1.29, 1.82) is 0 Å². The number of anilines is 1. The van der Waals surface area contributed by atoms with E-state index >= 15 is 0 Å². The normalized spacial score (nSPS) is 13.7. The lowest BCUT2D eigenvalue weighted by molar-refractivity contribution is 0.0987. The minimum absolute atomic E-state index is 0. The first-order valence-corrected chi connectivity index (χ1v) is 7.50. The fourth-order valence-corrected chi connectivity index (χ4v) is 2.18. The van der Waals surface area contributed by atoms with E-state index < -0.39 is 0 Å². The summed E-state index contributed by atoms with van der Waals surface area (Å²) in [5.41, 5.74) is 0.705. The number of amides is 1. The van der Waals surface area contributed by atoms with Crippen LogP contribution in [0, 0.1) is 0 Å². The lowest BCUT2D eigenvalue weighted by Crippen LogP contribution is -2.37. The van der Waals surface area contributed by atoms with Gasteiger partial charge in [0.25, 0.3) is 11.8 Å². The topological polar surface area (TPSA) is 76.4 Å². The number of nitrogens with zero attached hydrogens (tertiary/aromatic N) is 1. The van der Waals surface area contributed by atoms with Crippen molar-refractivity contribution >= 4 is 24.0 Å². The Labute approximate surface area is 141 Å². The van der Waals surface area contributed by atoms with E-state index in [0.29, 0.717) is 24.2 Å². The fraction of sp³-hybridized carbons (Fsp3) is 0.375. The number of carbonyl (C=O) groups is 1. The minimum atomic E-state index is -0.346. The second-order valence-corrected chi connectivity index (χ2v) is 5.28. The van der Waals surface area contributed by atoms with Crippen molar-refractivity contribution in [2.45, 2.75) is 25.3 Å². The number of para-hydroxylation sites is 1. The Kier molecular flexibility index (Phi) is 6.43. The molecule has 1 aromatic heterocycles. The number of halogens is 1. The van der Waals surface area contributed by atoms with Crippen LogP contribution in [0.4, 0.5) is 5.69 Å². The molecule has 0 unspecified atom stereocenters. The van der Waals surface area contributed by atoms with Crippen molar-refractivity contribution in [1.82, 2.24) is 10.5 Å². The summed E-state index contributed by atoms with van der Waals surface area (Å²) < 4.78 is 10.5. The standard InChI is InChI=1S/C16H19N3O3.ClH/c20-16(18-13-5-2-1-3-6-13)14-11-15(19-22-14)21-10-9-17-12-7-4-8-12;/h1-3,5-6,11-12,17H,4,7-10H2,(H,18,20);1H. The highest BCUT2D eigenvalue weighted by Crippen LogP contribution is 2.17. The van der Waals surface area contributed by atoms with Gasteiger partial charge >= 0.3 is 0 Å². The molecular formula is C16H20ClN3O3. The zero-order valence-electron chi connectivity index (χ0n) is 12.7. The number of benzene rings is 1. The largest absolute Gasteiger partial charge is 0.474 e. The Bertz CT molecular complexity index is 614. The van der Waals surface area contributed by atoms with E-state index in [0.717, 1.165) is 6.54 Å². The molecule has 1 aliphatic carbocycles. The van der Waals surface area contributed by atoms with Crippen LogP contribution in [0.2, 0.25) is 0 Å². The van der Waals surface area contributed by atoms with E-state index in [2.05, 4.69) is 15.8 Å². The lowest BCUT2D eigenvalue weighted by Gasteiger charge is -2.26. The summed E-state index contributed by atoms with van der Waals surface area (Å²) in [6.45, 7) is 1.27. The molecule has 1 fully saturated rings. The van der Waals surface area contributed by atoms with Crippen LogP contribution in [-0.4, -0.2) is 30.3 Å². The van der Waals surface area contributed by atoms with Gasteiger partial charge in [0.2, 0.25) is 5.76 Å². The van der Waals surface area contributed by atoms with Gasteiger partial charge in [0.1, 0.15) is 6.61 Å². The zero-order valence-corrected chi connectivity index (χ0v) is 13.5. The van der Waals surface area contributed by atoms with Crippen molar-refractivity contribution in [2.24, 2.45) is 0 Å². The second kappa shape index (κ2) is 8.55. The molecule has 1 amide bonds. The van der Waals surface area contributed by atoms with Gasteiger partial charge in [0.15, 0.2) is 0 Å². The molecule has 0 aliphatic heterocycles. The van der Waals surface area contributed by atoms with Crippen molar-refractivity contribution in [3.05, 3.63) is 42.2 Å². The molecule has 2 aromatic rings. The van der Waals surface area contributed by atoms with Gasteiger partial charge in [-0.3, -0.25) is 4.79 Å². The van der Waals surface area contributed by atoms with E-state index in [-0.39, 0.29) is 24.1 Å². The maximum Gasteiger partial charge on any atom is 0.294 e. The van der Waals surface area contributed by atoms with Gasteiger partial charge in [-0.1, -0.05) is 24.6 Å². The predicted octanol–water partition coefficient (Wildman–Crippen LogP) is 2.87. The highest BCUT2D eigenvalue weighted by Gasteiger charge is 2.16. The van der Waals surface area contributed by atoms with Crippen LogP contribution in [0.1, 0.15) is 29.8 Å². The van der Waals surface area contributed by atoms with Gasteiger partial charge in [-0.25, -0.2) is 0 Å². The van der Waals surface area contributed by atoms with Crippen molar-refractivity contribution in [2.75, 3.05) is 18.5 Å². The Hall–Kier alpha value is -2.05. The van der Waals surface area contributed by atoms with Crippen molar-refractivity contribution < 1.29 is 14.1 Å². The molecule has 3 rings (SSSR count). The predicted molar refractivity (Wildman–Crippen MR) is 89.3 cm³/mol. The molecule has 1 aromatic carbocycles. The smallest absolute Gasteiger partial charge is 0.294 e. The van der Waals surface area contributed by atoms with E-state index in [4.69, 9.17) is 9.26 Å².